The Morgan fingerprint density at radius 2 is 1.82 bits per heavy atom. The van der Waals surface area contributed by atoms with E-state index in [1.807, 2.05) is 30.3 Å². The minimum absolute atomic E-state index is 0.183. The van der Waals surface area contributed by atoms with Crippen molar-refractivity contribution >= 4 is 13.6 Å². The number of nitrogen functional groups attached to an aromatic ring is 1. The first-order valence-electron chi connectivity index (χ1n) is 10.5. The maximum atomic E-state index is 13.8. The number of nitrogens with zero attached hydrogens (tertiary/aromatic N) is 2. The first kappa shape index (κ1) is 23.8. The molecule has 0 spiro atoms. The summed E-state index contributed by atoms with van der Waals surface area (Å²) in [6.45, 7) is -0.471. The average Bonchev–Trinajstić information content (AvgIpc) is 3.26. The average molecular weight is 483 g/mol. The number of hydrogen-bond acceptors (Lipinski definition) is 6. The molecule has 2 aromatic carbocycles. The van der Waals surface area contributed by atoms with Gasteiger partial charge in [-0.1, -0.05) is 47.6 Å². The number of hydrogen-bond donors (Lipinski definition) is 2. The standard InChI is InChI=1S/C24H23FN3O5P/c25-22-6-2-1-4-19(22)12-11-17-7-9-18(10-8-17)14-20-15-23(33-27-20)21-5-3-13-28(24(21)26)16-32-34(29,30)31/h1-10,13,15,26H,11-12,14,16H2,(H2,29,30,31). The summed E-state index contributed by atoms with van der Waals surface area (Å²) in [5.74, 6) is 0.423. The molecule has 0 saturated carbocycles. The Labute approximate surface area is 195 Å². The number of aromatic nitrogens is 2. The first-order chi connectivity index (χ1) is 16.3. The molecule has 2 aromatic heterocycles. The van der Waals surface area contributed by atoms with E-state index in [9.17, 15) is 13.8 Å². The largest absolute Gasteiger partial charge is 0.756 e. The van der Waals surface area contributed by atoms with Crippen molar-refractivity contribution in [1.29, 1.82) is 0 Å². The number of benzene rings is 2. The molecule has 0 bridgehead atoms. The van der Waals surface area contributed by atoms with Gasteiger partial charge < -0.3 is 14.3 Å². The van der Waals surface area contributed by atoms with Gasteiger partial charge in [0.15, 0.2) is 12.5 Å². The highest BCUT2D eigenvalue weighted by Gasteiger charge is 2.18. The summed E-state index contributed by atoms with van der Waals surface area (Å²) in [6, 6.07) is 19.9. The van der Waals surface area contributed by atoms with Crippen LogP contribution in [-0.4, -0.2) is 10.1 Å². The van der Waals surface area contributed by atoms with Crippen molar-refractivity contribution in [3.63, 3.8) is 0 Å². The highest BCUT2D eigenvalue weighted by molar-refractivity contribution is 7.44. The van der Waals surface area contributed by atoms with Crippen molar-refractivity contribution in [3.8, 4) is 11.3 Å². The molecule has 0 radical (unpaired) electrons. The van der Waals surface area contributed by atoms with Crippen molar-refractivity contribution in [2.24, 2.45) is 0 Å². The summed E-state index contributed by atoms with van der Waals surface area (Å²) in [5.41, 5.74) is 10.2. The zero-order valence-corrected chi connectivity index (χ0v) is 19.0. The molecule has 0 amide bonds. The second kappa shape index (κ2) is 10.3. The number of pyridine rings is 1. The van der Waals surface area contributed by atoms with Crippen molar-refractivity contribution in [2.75, 3.05) is 5.73 Å². The molecule has 10 heteroatoms. The van der Waals surface area contributed by atoms with Gasteiger partial charge in [0, 0.05) is 12.5 Å². The molecule has 4 aromatic rings. The molecular formula is C24H23FN3O5P. The van der Waals surface area contributed by atoms with E-state index in [0.717, 1.165) is 17.5 Å². The number of aryl methyl sites for hydroxylation is 2. The summed E-state index contributed by atoms with van der Waals surface area (Å²) in [6.07, 6.45) is 3.42. The summed E-state index contributed by atoms with van der Waals surface area (Å²) in [5, 5.41) is 4.10. The fourth-order valence-corrected chi connectivity index (χ4v) is 3.83. The number of halogens is 1. The lowest BCUT2D eigenvalue weighted by Crippen LogP contribution is -2.38. The second-order valence-corrected chi connectivity index (χ2v) is 8.97. The summed E-state index contributed by atoms with van der Waals surface area (Å²) < 4.78 is 35.8. The van der Waals surface area contributed by atoms with Gasteiger partial charge in [-0.3, -0.25) is 14.8 Å². The Kier molecular flexibility index (Phi) is 7.19. The minimum atomic E-state index is -4.88. The molecule has 0 aliphatic carbocycles. The van der Waals surface area contributed by atoms with Gasteiger partial charge in [0.05, 0.1) is 11.9 Å². The Bertz CT molecular complexity index is 1320. The van der Waals surface area contributed by atoms with Crippen LogP contribution in [0.25, 0.3) is 11.3 Å². The van der Waals surface area contributed by atoms with E-state index in [1.54, 1.807) is 30.3 Å². The lowest BCUT2D eigenvalue weighted by Gasteiger charge is -2.14. The van der Waals surface area contributed by atoms with Gasteiger partial charge in [-0.2, -0.15) is 0 Å². The first-order valence-corrected chi connectivity index (χ1v) is 12.0. The molecule has 0 saturated heterocycles. The van der Waals surface area contributed by atoms with Crippen LogP contribution in [0, 0.1) is 5.82 Å². The molecule has 3 N–H and O–H groups in total. The predicted molar refractivity (Wildman–Crippen MR) is 121 cm³/mol. The number of phosphoric ester groups is 1. The van der Waals surface area contributed by atoms with Crippen LogP contribution in [0.2, 0.25) is 0 Å². The quantitative estimate of drug-likeness (QED) is 0.277. The Balaban J connectivity index is 1.40. The molecular weight excluding hydrogens is 460 g/mol. The number of nitrogens with two attached hydrogens (primary N) is 1. The molecule has 0 fully saturated rings. The monoisotopic (exact) mass is 483 g/mol. The van der Waals surface area contributed by atoms with Gasteiger partial charge in [-0.25, -0.2) is 8.96 Å². The smallest absolute Gasteiger partial charge is 0.285 e. The zero-order chi connectivity index (χ0) is 24.1. The molecule has 1 atom stereocenters. The van der Waals surface area contributed by atoms with Crippen LogP contribution in [0.1, 0.15) is 22.4 Å². The maximum Gasteiger partial charge on any atom is 0.285 e. The normalized spacial score (nSPS) is 13.0. The molecule has 1 unspecified atom stereocenters. The zero-order valence-electron chi connectivity index (χ0n) is 18.1. The van der Waals surface area contributed by atoms with Gasteiger partial charge in [0.1, 0.15) is 11.4 Å². The van der Waals surface area contributed by atoms with Gasteiger partial charge in [0.25, 0.3) is 13.6 Å². The van der Waals surface area contributed by atoms with E-state index in [4.69, 9.17) is 15.2 Å². The molecule has 0 aliphatic rings. The number of rotatable bonds is 9. The van der Waals surface area contributed by atoms with E-state index in [-0.39, 0.29) is 11.6 Å². The van der Waals surface area contributed by atoms with Crippen LogP contribution in [-0.2, 0) is 35.1 Å². The molecule has 34 heavy (non-hydrogen) atoms. The van der Waals surface area contributed by atoms with E-state index >= 15 is 0 Å². The highest BCUT2D eigenvalue weighted by atomic mass is 31.2. The Morgan fingerprint density at radius 3 is 2.56 bits per heavy atom. The van der Waals surface area contributed by atoms with Crippen LogP contribution in [0.3, 0.4) is 0 Å². The van der Waals surface area contributed by atoms with Crippen LogP contribution in [0.5, 0.6) is 0 Å². The highest BCUT2D eigenvalue weighted by Crippen LogP contribution is 2.30. The van der Waals surface area contributed by atoms with Crippen LogP contribution in [0.4, 0.5) is 10.2 Å². The van der Waals surface area contributed by atoms with Gasteiger partial charge >= 0.3 is 0 Å². The van der Waals surface area contributed by atoms with E-state index < -0.39 is 14.6 Å². The van der Waals surface area contributed by atoms with Crippen molar-refractivity contribution in [3.05, 3.63) is 101 Å². The van der Waals surface area contributed by atoms with Crippen molar-refractivity contribution in [2.45, 2.75) is 26.0 Å². The summed E-state index contributed by atoms with van der Waals surface area (Å²) in [7, 11) is -4.88. The van der Waals surface area contributed by atoms with Crippen LogP contribution >= 0.6 is 7.82 Å². The number of anilines is 1. The van der Waals surface area contributed by atoms with Gasteiger partial charge in [0.2, 0.25) is 0 Å². The topological polar surface area (TPSA) is 126 Å². The number of phosphoric acid groups is 1. The third-order valence-corrected chi connectivity index (χ3v) is 5.79. The van der Waals surface area contributed by atoms with Gasteiger partial charge in [-0.05, 0) is 47.7 Å². The minimum Gasteiger partial charge on any atom is -0.756 e. The SMILES string of the molecule is Nc1c(-c2cc(Cc3ccc(CCc4ccccc4F)cc3)no2)ccc[n+]1COP(=O)([O-])O. The lowest BCUT2D eigenvalue weighted by atomic mass is 10.0. The molecule has 8 nitrogen and oxygen atoms in total. The van der Waals surface area contributed by atoms with Gasteiger partial charge in [-0.15, -0.1) is 0 Å². The fraction of sp³-hybridized carbons (Fsp3) is 0.167. The van der Waals surface area contributed by atoms with E-state index in [2.05, 4.69) is 9.68 Å². The Morgan fingerprint density at radius 1 is 1.09 bits per heavy atom. The molecule has 4 rings (SSSR count). The molecule has 176 valence electrons. The van der Waals surface area contributed by atoms with E-state index in [1.165, 1.54) is 16.8 Å². The fourth-order valence-electron chi connectivity index (χ4n) is 3.55. The summed E-state index contributed by atoms with van der Waals surface area (Å²) >= 11 is 0. The van der Waals surface area contributed by atoms with E-state index in [0.29, 0.717) is 35.4 Å². The summed E-state index contributed by atoms with van der Waals surface area (Å²) in [4.78, 5) is 19.6. The third-order valence-electron chi connectivity index (χ3n) is 5.35. The van der Waals surface area contributed by atoms with Crippen LogP contribution in [0.15, 0.2) is 77.4 Å². The Hall–Kier alpha value is -3.36. The second-order valence-electron chi connectivity index (χ2n) is 7.77. The molecule has 0 aliphatic heterocycles. The lowest BCUT2D eigenvalue weighted by molar-refractivity contribution is -0.712. The third kappa shape index (κ3) is 6.15. The predicted octanol–water partition coefficient (Wildman–Crippen LogP) is 3.16. The maximum absolute atomic E-state index is 13.8. The molecule has 2 heterocycles. The van der Waals surface area contributed by atoms with Crippen LogP contribution < -0.4 is 15.2 Å². The van der Waals surface area contributed by atoms with Crippen molar-refractivity contribution < 1.29 is 32.4 Å². The van der Waals surface area contributed by atoms with Crippen molar-refractivity contribution in [1.82, 2.24) is 5.16 Å².